The van der Waals surface area contributed by atoms with Gasteiger partial charge in [-0.15, -0.1) is 0 Å². The molecule has 0 aliphatic heterocycles. The molecule has 0 saturated heterocycles. The molecule has 4 nitrogen and oxygen atoms in total. The number of urea groups is 1. The minimum Gasteiger partial charge on any atom is -0.388 e. The molecule has 2 rings (SSSR count). The summed E-state index contributed by atoms with van der Waals surface area (Å²) in [6.07, 6.45) is 2.42. The Morgan fingerprint density at radius 1 is 1.24 bits per heavy atom. The molecule has 0 radical (unpaired) electrons. The van der Waals surface area contributed by atoms with Gasteiger partial charge in [0.15, 0.2) is 0 Å². The van der Waals surface area contributed by atoms with Crippen molar-refractivity contribution in [2.24, 2.45) is 5.92 Å². The Balaban J connectivity index is 1.67. The fourth-order valence-electron chi connectivity index (χ4n) is 2.61. The average Bonchev–Trinajstić information content (AvgIpc) is 3.31. The van der Waals surface area contributed by atoms with Gasteiger partial charge in [-0.1, -0.05) is 44.2 Å². The van der Waals surface area contributed by atoms with E-state index in [-0.39, 0.29) is 6.03 Å². The van der Waals surface area contributed by atoms with Crippen LogP contribution in [0.5, 0.6) is 0 Å². The van der Waals surface area contributed by atoms with E-state index in [1.807, 2.05) is 19.9 Å². The van der Waals surface area contributed by atoms with Crippen molar-refractivity contribution in [2.75, 3.05) is 13.1 Å². The maximum Gasteiger partial charge on any atom is 0.314 e. The van der Waals surface area contributed by atoms with E-state index in [0.717, 1.165) is 6.42 Å². The molecule has 21 heavy (non-hydrogen) atoms. The van der Waals surface area contributed by atoms with Crippen molar-refractivity contribution in [3.05, 3.63) is 35.9 Å². The van der Waals surface area contributed by atoms with Crippen molar-refractivity contribution < 1.29 is 9.90 Å². The van der Waals surface area contributed by atoms with E-state index in [1.54, 1.807) is 0 Å². The largest absolute Gasteiger partial charge is 0.388 e. The lowest BCUT2D eigenvalue weighted by molar-refractivity contribution is 0.0349. The Hall–Kier alpha value is -1.55. The monoisotopic (exact) mass is 290 g/mol. The standard InChI is InChI=1S/C17H26N2O2/c1-3-17(21,4-2)12-19-16(20)18-11-14-10-15(14)13-8-6-5-7-9-13/h5-9,14-15,21H,3-4,10-12H2,1-2H3,(H2,18,19,20). The summed E-state index contributed by atoms with van der Waals surface area (Å²) in [4.78, 5) is 11.8. The lowest BCUT2D eigenvalue weighted by atomic mass is 9.98. The van der Waals surface area contributed by atoms with Gasteiger partial charge in [0, 0.05) is 13.1 Å². The van der Waals surface area contributed by atoms with E-state index in [2.05, 4.69) is 34.9 Å². The molecule has 2 amide bonds. The zero-order valence-corrected chi connectivity index (χ0v) is 12.9. The van der Waals surface area contributed by atoms with Gasteiger partial charge in [-0.05, 0) is 36.7 Å². The fourth-order valence-corrected chi connectivity index (χ4v) is 2.61. The van der Waals surface area contributed by atoms with E-state index in [4.69, 9.17) is 0 Å². The molecule has 2 atom stereocenters. The number of nitrogens with one attached hydrogen (secondary N) is 2. The van der Waals surface area contributed by atoms with E-state index in [9.17, 15) is 9.90 Å². The van der Waals surface area contributed by atoms with Gasteiger partial charge < -0.3 is 15.7 Å². The number of hydrogen-bond donors (Lipinski definition) is 3. The molecule has 0 bridgehead atoms. The van der Waals surface area contributed by atoms with Gasteiger partial charge in [-0.2, -0.15) is 0 Å². The quantitative estimate of drug-likeness (QED) is 0.723. The van der Waals surface area contributed by atoms with Gasteiger partial charge in [-0.3, -0.25) is 0 Å². The lowest BCUT2D eigenvalue weighted by Crippen LogP contribution is -2.46. The van der Waals surface area contributed by atoms with Crippen LogP contribution in [0, 0.1) is 5.92 Å². The lowest BCUT2D eigenvalue weighted by Gasteiger charge is -2.25. The van der Waals surface area contributed by atoms with E-state index < -0.39 is 5.60 Å². The highest BCUT2D eigenvalue weighted by Gasteiger charge is 2.38. The molecule has 0 heterocycles. The number of hydrogen-bond acceptors (Lipinski definition) is 2. The van der Waals surface area contributed by atoms with Crippen LogP contribution in [0.15, 0.2) is 30.3 Å². The first-order chi connectivity index (χ1) is 10.1. The van der Waals surface area contributed by atoms with Crippen molar-refractivity contribution in [1.82, 2.24) is 10.6 Å². The third-order valence-electron chi connectivity index (χ3n) is 4.57. The summed E-state index contributed by atoms with van der Waals surface area (Å²) in [5.41, 5.74) is 0.569. The van der Waals surface area contributed by atoms with Crippen molar-refractivity contribution >= 4 is 6.03 Å². The number of benzene rings is 1. The Morgan fingerprint density at radius 2 is 1.90 bits per heavy atom. The SMILES string of the molecule is CCC(O)(CC)CNC(=O)NCC1CC1c1ccccc1. The molecule has 0 spiro atoms. The highest BCUT2D eigenvalue weighted by atomic mass is 16.3. The summed E-state index contributed by atoms with van der Waals surface area (Å²) in [6.45, 7) is 4.86. The van der Waals surface area contributed by atoms with Crippen LogP contribution in [-0.4, -0.2) is 29.8 Å². The number of amides is 2. The second-order valence-corrected chi connectivity index (χ2v) is 6.01. The molecule has 4 heteroatoms. The summed E-state index contributed by atoms with van der Waals surface area (Å²) in [7, 11) is 0. The van der Waals surface area contributed by atoms with Crippen LogP contribution in [0.4, 0.5) is 4.79 Å². The first-order valence-electron chi connectivity index (χ1n) is 7.87. The fraction of sp³-hybridized carbons (Fsp3) is 0.588. The summed E-state index contributed by atoms with van der Waals surface area (Å²) >= 11 is 0. The molecule has 2 unspecified atom stereocenters. The summed E-state index contributed by atoms with van der Waals surface area (Å²) < 4.78 is 0. The number of carbonyl (C=O) groups is 1. The van der Waals surface area contributed by atoms with Crippen LogP contribution in [0.2, 0.25) is 0 Å². The van der Waals surface area contributed by atoms with Crippen LogP contribution < -0.4 is 10.6 Å². The van der Waals surface area contributed by atoms with Gasteiger partial charge in [0.25, 0.3) is 0 Å². The minimum absolute atomic E-state index is 0.186. The molecular formula is C17H26N2O2. The molecule has 1 aromatic rings. The molecule has 1 saturated carbocycles. The third-order valence-corrected chi connectivity index (χ3v) is 4.57. The van der Waals surface area contributed by atoms with E-state index >= 15 is 0 Å². The first-order valence-corrected chi connectivity index (χ1v) is 7.87. The maximum atomic E-state index is 11.8. The van der Waals surface area contributed by atoms with Crippen LogP contribution in [0.25, 0.3) is 0 Å². The van der Waals surface area contributed by atoms with Crippen LogP contribution >= 0.6 is 0 Å². The minimum atomic E-state index is -0.788. The highest BCUT2D eigenvalue weighted by Crippen LogP contribution is 2.46. The van der Waals surface area contributed by atoms with Crippen molar-refractivity contribution in [3.8, 4) is 0 Å². The molecule has 3 N–H and O–H groups in total. The van der Waals surface area contributed by atoms with Gasteiger partial charge in [0.1, 0.15) is 0 Å². The summed E-state index contributed by atoms with van der Waals surface area (Å²) in [5, 5.41) is 15.8. The second-order valence-electron chi connectivity index (χ2n) is 6.01. The van der Waals surface area contributed by atoms with E-state index in [1.165, 1.54) is 5.56 Å². The van der Waals surface area contributed by atoms with Crippen molar-refractivity contribution in [2.45, 2.75) is 44.6 Å². The Kier molecular flexibility index (Phi) is 5.23. The van der Waals surface area contributed by atoms with Crippen LogP contribution in [0.1, 0.15) is 44.6 Å². The zero-order chi connectivity index (χ0) is 15.3. The van der Waals surface area contributed by atoms with Gasteiger partial charge in [0.05, 0.1) is 5.60 Å². The third kappa shape index (κ3) is 4.46. The molecule has 1 aliphatic rings. The maximum absolute atomic E-state index is 11.8. The van der Waals surface area contributed by atoms with Gasteiger partial charge in [0.2, 0.25) is 0 Å². The smallest absolute Gasteiger partial charge is 0.314 e. The second kappa shape index (κ2) is 6.94. The molecule has 1 aliphatic carbocycles. The van der Waals surface area contributed by atoms with Crippen LogP contribution in [0.3, 0.4) is 0 Å². The Bertz CT molecular complexity index is 457. The topological polar surface area (TPSA) is 61.4 Å². The average molecular weight is 290 g/mol. The van der Waals surface area contributed by atoms with Crippen molar-refractivity contribution in [3.63, 3.8) is 0 Å². The Morgan fingerprint density at radius 3 is 2.52 bits per heavy atom. The molecular weight excluding hydrogens is 264 g/mol. The predicted molar refractivity (Wildman–Crippen MR) is 84.2 cm³/mol. The Labute approximate surface area is 126 Å². The predicted octanol–water partition coefficient (Wildman–Crippen LogP) is 2.64. The molecule has 1 aromatic carbocycles. The molecule has 0 aromatic heterocycles. The van der Waals surface area contributed by atoms with Gasteiger partial charge >= 0.3 is 6.03 Å². The first kappa shape index (κ1) is 15.8. The summed E-state index contributed by atoms with van der Waals surface area (Å²) in [6, 6.07) is 10.2. The molecule has 1 fully saturated rings. The normalized spacial score (nSPS) is 20.9. The zero-order valence-electron chi connectivity index (χ0n) is 12.9. The van der Waals surface area contributed by atoms with Crippen LogP contribution in [-0.2, 0) is 0 Å². The van der Waals surface area contributed by atoms with E-state index in [0.29, 0.717) is 37.8 Å². The highest BCUT2D eigenvalue weighted by molar-refractivity contribution is 5.73. The number of aliphatic hydroxyl groups is 1. The van der Waals surface area contributed by atoms with Gasteiger partial charge in [-0.25, -0.2) is 4.79 Å². The number of rotatable bonds is 7. The van der Waals surface area contributed by atoms with Crippen molar-refractivity contribution in [1.29, 1.82) is 0 Å². The number of carbonyl (C=O) groups excluding carboxylic acids is 1. The summed E-state index contributed by atoms with van der Waals surface area (Å²) in [5.74, 6) is 1.11. The molecule has 116 valence electrons.